The molecule has 1 aromatic carbocycles. The van der Waals surface area contributed by atoms with Crippen LogP contribution in [0.25, 0.3) is 10.9 Å². The number of nitrogens with two attached hydrogens (primary N) is 2. The van der Waals surface area contributed by atoms with E-state index in [-0.39, 0.29) is 11.9 Å². The van der Waals surface area contributed by atoms with Crippen LogP contribution in [0.1, 0.15) is 31.9 Å². The summed E-state index contributed by atoms with van der Waals surface area (Å²) in [7, 11) is 0. The zero-order chi connectivity index (χ0) is 15.2. The number of hydrogen-bond donors (Lipinski definition) is 2. The van der Waals surface area contributed by atoms with Crippen molar-refractivity contribution in [1.82, 2.24) is 9.97 Å². The Bertz CT molecular complexity index is 650. The molecule has 0 saturated heterocycles. The third-order valence-electron chi connectivity index (χ3n) is 3.09. The Kier molecular flexibility index (Phi) is 4.92. The van der Waals surface area contributed by atoms with Crippen molar-refractivity contribution in [3.63, 3.8) is 0 Å². The van der Waals surface area contributed by atoms with E-state index < -0.39 is 0 Å². The topological polar surface area (TPSA) is 99.4 Å². The van der Waals surface area contributed by atoms with Crippen LogP contribution >= 0.6 is 0 Å². The molecule has 4 N–H and O–H groups in total. The molecule has 112 valence electrons. The van der Waals surface area contributed by atoms with Gasteiger partial charge in [0.1, 0.15) is 5.75 Å². The smallest absolute Gasteiger partial charge is 0.253 e. The van der Waals surface area contributed by atoms with Crippen LogP contribution in [-0.2, 0) is 0 Å². The van der Waals surface area contributed by atoms with Gasteiger partial charge in [0.15, 0.2) is 5.96 Å². The summed E-state index contributed by atoms with van der Waals surface area (Å²) >= 11 is 0. The fourth-order valence-electron chi connectivity index (χ4n) is 2.04. The van der Waals surface area contributed by atoms with Crippen LogP contribution in [-0.4, -0.2) is 22.5 Å². The molecule has 0 amide bonds. The van der Waals surface area contributed by atoms with Crippen LogP contribution in [0.15, 0.2) is 23.2 Å². The van der Waals surface area contributed by atoms with Crippen LogP contribution < -0.4 is 16.2 Å². The lowest BCUT2D eigenvalue weighted by atomic mass is 10.2. The molecule has 0 aliphatic carbocycles. The van der Waals surface area contributed by atoms with Gasteiger partial charge in [-0.3, -0.25) is 0 Å². The van der Waals surface area contributed by atoms with Gasteiger partial charge < -0.3 is 16.2 Å². The molecule has 0 atom stereocenters. The predicted octanol–water partition coefficient (Wildman–Crippen LogP) is 2.41. The average molecular weight is 287 g/mol. The summed E-state index contributed by atoms with van der Waals surface area (Å²) in [4.78, 5) is 12.5. The van der Waals surface area contributed by atoms with Crippen molar-refractivity contribution in [3.8, 4) is 5.75 Å². The molecule has 0 spiro atoms. The minimum Gasteiger partial charge on any atom is -0.494 e. The van der Waals surface area contributed by atoms with E-state index in [0.717, 1.165) is 35.4 Å². The van der Waals surface area contributed by atoms with E-state index in [1.807, 2.05) is 25.1 Å². The van der Waals surface area contributed by atoms with Crippen molar-refractivity contribution in [2.75, 3.05) is 6.61 Å². The fourth-order valence-corrected chi connectivity index (χ4v) is 2.04. The van der Waals surface area contributed by atoms with E-state index in [1.54, 1.807) is 0 Å². The zero-order valence-corrected chi connectivity index (χ0v) is 12.5. The van der Waals surface area contributed by atoms with Crippen molar-refractivity contribution >= 4 is 22.8 Å². The first-order valence-corrected chi connectivity index (χ1v) is 7.11. The Morgan fingerprint density at radius 1 is 1.24 bits per heavy atom. The molecule has 2 aromatic rings. The number of aryl methyl sites for hydroxylation is 1. The normalized spacial score (nSPS) is 10.6. The van der Waals surface area contributed by atoms with E-state index in [2.05, 4.69) is 21.9 Å². The largest absolute Gasteiger partial charge is 0.494 e. The van der Waals surface area contributed by atoms with Gasteiger partial charge in [-0.05, 0) is 31.5 Å². The number of nitrogens with zero attached hydrogens (tertiary/aromatic N) is 3. The fraction of sp³-hybridized carbons (Fsp3) is 0.400. The zero-order valence-electron chi connectivity index (χ0n) is 12.5. The first-order chi connectivity index (χ1) is 10.1. The lowest BCUT2D eigenvalue weighted by molar-refractivity contribution is 0.306. The Hall–Kier alpha value is -2.37. The summed E-state index contributed by atoms with van der Waals surface area (Å²) in [6.45, 7) is 4.80. The molecule has 0 aliphatic rings. The maximum absolute atomic E-state index is 5.74. The molecule has 0 saturated carbocycles. The van der Waals surface area contributed by atoms with Gasteiger partial charge in [-0.25, -0.2) is 9.97 Å². The molecular formula is C15H21N5O. The van der Waals surface area contributed by atoms with Gasteiger partial charge in [-0.15, -0.1) is 0 Å². The standard InChI is InChI=1S/C15H21N5O/c1-3-4-5-8-21-11-6-7-13-12(9-11)10(2)18-15(19-13)20-14(16)17/h6-7,9H,3-5,8H2,1-2H3,(H4,16,17,18,19,20). The van der Waals surface area contributed by atoms with Gasteiger partial charge in [0.25, 0.3) is 5.95 Å². The highest BCUT2D eigenvalue weighted by atomic mass is 16.5. The molecule has 0 bridgehead atoms. The molecule has 0 unspecified atom stereocenters. The average Bonchev–Trinajstić information content (AvgIpc) is 2.43. The summed E-state index contributed by atoms with van der Waals surface area (Å²) in [5, 5.41) is 0.942. The first kappa shape index (κ1) is 15.0. The number of unbranched alkanes of at least 4 members (excludes halogenated alkanes) is 2. The summed E-state index contributed by atoms with van der Waals surface area (Å²) < 4.78 is 5.74. The minimum atomic E-state index is -0.0513. The summed E-state index contributed by atoms with van der Waals surface area (Å²) in [6, 6.07) is 5.75. The van der Waals surface area contributed by atoms with Gasteiger partial charge in [0, 0.05) is 5.39 Å². The highest BCUT2D eigenvalue weighted by molar-refractivity contribution is 5.84. The lowest BCUT2D eigenvalue weighted by Crippen LogP contribution is -2.22. The second-order valence-corrected chi connectivity index (χ2v) is 4.88. The number of guanidine groups is 1. The lowest BCUT2D eigenvalue weighted by Gasteiger charge is -2.08. The molecule has 21 heavy (non-hydrogen) atoms. The Balaban J connectivity index is 2.23. The van der Waals surface area contributed by atoms with Crippen LogP contribution in [0, 0.1) is 6.92 Å². The Morgan fingerprint density at radius 3 is 2.76 bits per heavy atom. The summed E-state index contributed by atoms with van der Waals surface area (Å²) in [6.07, 6.45) is 3.42. The number of ether oxygens (including phenoxy) is 1. The number of fused-ring (bicyclic) bond motifs is 1. The van der Waals surface area contributed by atoms with Gasteiger partial charge in [-0.2, -0.15) is 4.99 Å². The van der Waals surface area contributed by atoms with Gasteiger partial charge in [0.2, 0.25) is 0 Å². The van der Waals surface area contributed by atoms with E-state index in [0.29, 0.717) is 0 Å². The molecule has 0 radical (unpaired) electrons. The Morgan fingerprint density at radius 2 is 2.05 bits per heavy atom. The SMILES string of the molecule is CCCCCOc1ccc2nc(N=C(N)N)nc(C)c2c1. The number of rotatable bonds is 6. The molecule has 6 heteroatoms. The minimum absolute atomic E-state index is 0.0513. The van der Waals surface area contributed by atoms with Crippen molar-refractivity contribution in [2.24, 2.45) is 16.5 Å². The summed E-state index contributed by atoms with van der Waals surface area (Å²) in [5.41, 5.74) is 12.3. The molecule has 2 rings (SSSR count). The van der Waals surface area contributed by atoms with E-state index in [4.69, 9.17) is 16.2 Å². The van der Waals surface area contributed by atoms with Crippen LogP contribution in [0.3, 0.4) is 0 Å². The van der Waals surface area contributed by atoms with E-state index >= 15 is 0 Å². The molecule has 0 fully saturated rings. The molecule has 0 aliphatic heterocycles. The van der Waals surface area contributed by atoms with Gasteiger partial charge in [-0.1, -0.05) is 19.8 Å². The van der Waals surface area contributed by atoms with Crippen molar-refractivity contribution < 1.29 is 4.74 Å². The highest BCUT2D eigenvalue weighted by Crippen LogP contribution is 2.23. The number of hydrogen-bond acceptors (Lipinski definition) is 4. The maximum atomic E-state index is 5.74. The van der Waals surface area contributed by atoms with E-state index in [1.165, 1.54) is 12.8 Å². The first-order valence-electron chi connectivity index (χ1n) is 7.11. The van der Waals surface area contributed by atoms with Crippen molar-refractivity contribution in [1.29, 1.82) is 0 Å². The van der Waals surface area contributed by atoms with Gasteiger partial charge in [0.05, 0.1) is 17.8 Å². The van der Waals surface area contributed by atoms with Gasteiger partial charge >= 0.3 is 0 Å². The number of benzene rings is 1. The van der Waals surface area contributed by atoms with Crippen LogP contribution in [0.4, 0.5) is 5.95 Å². The molecule has 6 nitrogen and oxygen atoms in total. The maximum Gasteiger partial charge on any atom is 0.253 e. The third-order valence-corrected chi connectivity index (χ3v) is 3.09. The predicted molar refractivity (Wildman–Crippen MR) is 84.8 cm³/mol. The molecule has 1 aromatic heterocycles. The third kappa shape index (κ3) is 4.05. The van der Waals surface area contributed by atoms with E-state index in [9.17, 15) is 0 Å². The molecule has 1 heterocycles. The highest BCUT2D eigenvalue weighted by Gasteiger charge is 2.06. The second-order valence-electron chi connectivity index (χ2n) is 4.88. The monoisotopic (exact) mass is 287 g/mol. The number of aromatic nitrogens is 2. The quantitative estimate of drug-likeness (QED) is 0.483. The molecular weight excluding hydrogens is 266 g/mol. The second kappa shape index (κ2) is 6.88. The van der Waals surface area contributed by atoms with Crippen molar-refractivity contribution in [3.05, 3.63) is 23.9 Å². The number of aliphatic imine (C=N–C) groups is 1. The summed E-state index contributed by atoms with van der Waals surface area (Å²) in [5.74, 6) is 1.06. The van der Waals surface area contributed by atoms with Crippen LogP contribution in [0.5, 0.6) is 5.75 Å². The Labute approximate surface area is 124 Å². The van der Waals surface area contributed by atoms with Crippen LogP contribution in [0.2, 0.25) is 0 Å². The van der Waals surface area contributed by atoms with Crippen molar-refractivity contribution in [2.45, 2.75) is 33.1 Å².